The molecule has 5 heteroatoms. The number of hydrogen-bond acceptors (Lipinski definition) is 1. The van der Waals surface area contributed by atoms with Gasteiger partial charge >= 0.3 is 6.18 Å². The van der Waals surface area contributed by atoms with Crippen LogP contribution in [0, 0.1) is 12.3 Å². The van der Waals surface area contributed by atoms with Gasteiger partial charge in [0.2, 0.25) is 0 Å². The van der Waals surface area contributed by atoms with Gasteiger partial charge in [-0.1, -0.05) is 5.92 Å². The average Bonchev–Trinajstić information content (AvgIpc) is 2.82. The van der Waals surface area contributed by atoms with Crippen molar-refractivity contribution in [3.05, 3.63) is 17.5 Å². The van der Waals surface area contributed by atoms with Crippen molar-refractivity contribution in [2.75, 3.05) is 0 Å². The van der Waals surface area contributed by atoms with Gasteiger partial charge in [0.15, 0.2) is 5.69 Å². The second-order valence-electron chi connectivity index (χ2n) is 3.76. The van der Waals surface area contributed by atoms with Gasteiger partial charge in [-0.05, 0) is 18.9 Å². The van der Waals surface area contributed by atoms with Gasteiger partial charge in [0.25, 0.3) is 0 Å². The van der Waals surface area contributed by atoms with E-state index in [0.29, 0.717) is 5.69 Å². The number of nitrogens with zero attached hydrogens (tertiary/aromatic N) is 2. The molecule has 1 heterocycles. The second-order valence-corrected chi connectivity index (χ2v) is 3.76. The van der Waals surface area contributed by atoms with Crippen LogP contribution in [0.4, 0.5) is 13.2 Å². The summed E-state index contributed by atoms with van der Waals surface area (Å²) in [4.78, 5) is 0. The molecule has 2 rings (SSSR count). The van der Waals surface area contributed by atoms with E-state index in [1.54, 1.807) is 0 Å². The maximum atomic E-state index is 12.4. The number of hydrogen-bond donors (Lipinski definition) is 0. The van der Waals surface area contributed by atoms with Crippen LogP contribution in [0.3, 0.4) is 0 Å². The minimum atomic E-state index is -4.40. The quantitative estimate of drug-likeness (QED) is 0.654. The molecule has 1 aromatic heterocycles. The molecule has 1 saturated carbocycles. The van der Waals surface area contributed by atoms with Crippen molar-refractivity contribution in [3.63, 3.8) is 0 Å². The summed E-state index contributed by atoms with van der Waals surface area (Å²) < 4.78 is 38.3. The fourth-order valence-corrected chi connectivity index (χ4v) is 1.65. The van der Waals surface area contributed by atoms with Crippen molar-refractivity contribution in [3.8, 4) is 12.3 Å². The number of aryl methyl sites for hydroxylation is 1. The molecule has 0 atom stereocenters. The third kappa shape index (κ3) is 1.50. The Bertz CT molecular complexity index is 433. The predicted octanol–water partition coefficient (Wildman–Crippen LogP) is 2.10. The number of aromatic nitrogens is 2. The van der Waals surface area contributed by atoms with Crippen molar-refractivity contribution in [2.24, 2.45) is 7.05 Å². The number of halogens is 3. The van der Waals surface area contributed by atoms with Gasteiger partial charge < -0.3 is 0 Å². The van der Waals surface area contributed by atoms with Crippen LogP contribution in [-0.4, -0.2) is 9.78 Å². The minimum absolute atomic E-state index is 0.484. The van der Waals surface area contributed by atoms with Crippen molar-refractivity contribution in [2.45, 2.75) is 24.4 Å². The molecule has 0 aliphatic heterocycles. The Labute approximate surface area is 85.1 Å². The van der Waals surface area contributed by atoms with Crippen LogP contribution >= 0.6 is 0 Å². The van der Waals surface area contributed by atoms with Crippen molar-refractivity contribution in [1.82, 2.24) is 9.78 Å². The van der Waals surface area contributed by atoms with Crippen LogP contribution in [0.1, 0.15) is 24.2 Å². The standard InChI is InChI=1S/C10H9F3N2/c1-3-9(4-5-9)8-6-7(10(11,12)13)14-15(8)2/h1,6H,4-5H2,2H3. The number of terminal acetylenes is 1. The summed E-state index contributed by atoms with van der Waals surface area (Å²) in [6.07, 6.45) is 2.39. The Morgan fingerprint density at radius 2 is 2.13 bits per heavy atom. The van der Waals surface area contributed by atoms with Crippen LogP contribution in [0.25, 0.3) is 0 Å². The van der Waals surface area contributed by atoms with Gasteiger partial charge in [0.05, 0.1) is 11.1 Å². The molecule has 0 saturated heterocycles. The van der Waals surface area contributed by atoms with Gasteiger partial charge in [0, 0.05) is 7.05 Å². The first kappa shape index (κ1) is 10.1. The monoisotopic (exact) mass is 214 g/mol. The van der Waals surface area contributed by atoms with Gasteiger partial charge in [-0.2, -0.15) is 18.3 Å². The van der Waals surface area contributed by atoms with Crippen LogP contribution in [-0.2, 0) is 18.6 Å². The normalized spacial score (nSPS) is 18.6. The zero-order valence-corrected chi connectivity index (χ0v) is 8.10. The molecule has 1 aliphatic carbocycles. The zero-order valence-electron chi connectivity index (χ0n) is 8.10. The molecule has 0 N–H and O–H groups in total. The first-order valence-corrected chi connectivity index (χ1v) is 4.48. The highest BCUT2D eigenvalue weighted by atomic mass is 19.4. The lowest BCUT2D eigenvalue weighted by Crippen LogP contribution is -2.09. The number of alkyl halides is 3. The van der Waals surface area contributed by atoms with Crippen molar-refractivity contribution < 1.29 is 13.2 Å². The molecule has 1 aromatic rings. The summed E-state index contributed by atoms with van der Waals surface area (Å²) >= 11 is 0. The highest BCUT2D eigenvalue weighted by Crippen LogP contribution is 2.48. The smallest absolute Gasteiger partial charge is 0.270 e. The minimum Gasteiger partial charge on any atom is -0.270 e. The zero-order chi connectivity index (χ0) is 11.3. The van der Waals surface area contributed by atoms with E-state index in [1.807, 2.05) is 0 Å². The van der Waals surface area contributed by atoms with Gasteiger partial charge in [-0.3, -0.25) is 4.68 Å². The fourth-order valence-electron chi connectivity index (χ4n) is 1.65. The largest absolute Gasteiger partial charge is 0.435 e. The van der Waals surface area contributed by atoms with E-state index in [1.165, 1.54) is 11.7 Å². The topological polar surface area (TPSA) is 17.8 Å². The van der Waals surface area contributed by atoms with E-state index in [2.05, 4.69) is 11.0 Å². The SMILES string of the molecule is C#CC1(c2cc(C(F)(F)F)nn2C)CC1. The first-order chi connectivity index (χ1) is 6.89. The van der Waals surface area contributed by atoms with E-state index in [0.717, 1.165) is 18.9 Å². The molecule has 15 heavy (non-hydrogen) atoms. The molecule has 2 nitrogen and oxygen atoms in total. The van der Waals surface area contributed by atoms with E-state index >= 15 is 0 Å². The van der Waals surface area contributed by atoms with Crippen LogP contribution in [0.15, 0.2) is 6.07 Å². The van der Waals surface area contributed by atoms with Gasteiger partial charge in [0.1, 0.15) is 0 Å². The molecule has 0 bridgehead atoms. The Morgan fingerprint density at radius 3 is 2.47 bits per heavy atom. The lowest BCUT2D eigenvalue weighted by Gasteiger charge is -2.06. The summed E-state index contributed by atoms with van der Waals surface area (Å²) in [5.74, 6) is 2.55. The maximum absolute atomic E-state index is 12.4. The summed E-state index contributed by atoms with van der Waals surface area (Å²) in [6.45, 7) is 0. The molecule has 0 radical (unpaired) electrons. The first-order valence-electron chi connectivity index (χ1n) is 4.48. The van der Waals surface area contributed by atoms with Crippen molar-refractivity contribution in [1.29, 1.82) is 0 Å². The molecular formula is C10H9F3N2. The van der Waals surface area contributed by atoms with Crippen LogP contribution in [0.5, 0.6) is 0 Å². The maximum Gasteiger partial charge on any atom is 0.435 e. The summed E-state index contributed by atoms with van der Waals surface area (Å²) in [5, 5.41) is 3.43. The van der Waals surface area contributed by atoms with Crippen LogP contribution < -0.4 is 0 Å². The highest BCUT2D eigenvalue weighted by molar-refractivity contribution is 5.37. The molecule has 0 unspecified atom stereocenters. The van der Waals surface area contributed by atoms with E-state index < -0.39 is 17.3 Å². The van der Waals surface area contributed by atoms with Crippen LogP contribution in [0.2, 0.25) is 0 Å². The molecule has 0 amide bonds. The molecule has 80 valence electrons. The third-order valence-corrected chi connectivity index (χ3v) is 2.69. The van der Waals surface area contributed by atoms with Gasteiger partial charge in [-0.15, -0.1) is 6.42 Å². The van der Waals surface area contributed by atoms with E-state index in [9.17, 15) is 13.2 Å². The third-order valence-electron chi connectivity index (χ3n) is 2.69. The average molecular weight is 214 g/mol. The summed E-state index contributed by atoms with van der Waals surface area (Å²) in [5.41, 5.74) is -0.899. The molecule has 1 fully saturated rings. The lowest BCUT2D eigenvalue weighted by molar-refractivity contribution is -0.141. The molecule has 0 spiro atoms. The molecule has 1 aliphatic rings. The Balaban J connectivity index is 2.44. The fraction of sp³-hybridized carbons (Fsp3) is 0.500. The van der Waals surface area contributed by atoms with Crippen molar-refractivity contribution >= 4 is 0 Å². The summed E-state index contributed by atoms with van der Waals surface area (Å²) in [7, 11) is 1.49. The van der Waals surface area contributed by atoms with E-state index in [4.69, 9.17) is 6.42 Å². The molecule has 0 aromatic carbocycles. The molecular weight excluding hydrogens is 205 g/mol. The summed E-state index contributed by atoms with van der Waals surface area (Å²) in [6, 6.07) is 1.05. The Kier molecular flexibility index (Phi) is 1.87. The second kappa shape index (κ2) is 2.78. The van der Waals surface area contributed by atoms with E-state index in [-0.39, 0.29) is 0 Å². The Morgan fingerprint density at radius 1 is 1.53 bits per heavy atom. The Hall–Kier alpha value is -1.44. The number of rotatable bonds is 1. The van der Waals surface area contributed by atoms with Gasteiger partial charge in [-0.25, -0.2) is 0 Å². The highest BCUT2D eigenvalue weighted by Gasteiger charge is 2.47. The predicted molar refractivity (Wildman–Crippen MR) is 48.0 cm³/mol. The lowest BCUT2D eigenvalue weighted by atomic mass is 10.0.